The zero-order valence-electron chi connectivity index (χ0n) is 14.4. The van der Waals surface area contributed by atoms with Gasteiger partial charge >= 0.3 is 6.09 Å². The number of likely N-dealkylation sites (tertiary alicyclic amines) is 1. The van der Waals surface area contributed by atoms with Crippen LogP contribution in [0.1, 0.15) is 32.8 Å². The molecular formula is C18H24N2O4. The summed E-state index contributed by atoms with van der Waals surface area (Å²) in [7, 11) is 0. The van der Waals surface area contributed by atoms with Crippen molar-refractivity contribution in [1.29, 1.82) is 0 Å². The lowest BCUT2D eigenvalue weighted by atomic mass is 9.97. The molecule has 24 heavy (non-hydrogen) atoms. The minimum absolute atomic E-state index is 0.0134. The summed E-state index contributed by atoms with van der Waals surface area (Å²) in [5, 5.41) is 9.69. The number of hydrogen-bond acceptors (Lipinski definition) is 3. The van der Waals surface area contributed by atoms with Gasteiger partial charge in [0.25, 0.3) is 0 Å². The highest BCUT2D eigenvalue weighted by Gasteiger charge is 2.40. The summed E-state index contributed by atoms with van der Waals surface area (Å²) in [5.41, 5.74) is 0.155. The van der Waals surface area contributed by atoms with Crippen molar-refractivity contribution in [2.45, 2.75) is 45.2 Å². The highest BCUT2D eigenvalue weighted by Crippen LogP contribution is 2.23. The fourth-order valence-electron chi connectivity index (χ4n) is 3.04. The zero-order chi connectivity index (χ0) is 17.9. The summed E-state index contributed by atoms with van der Waals surface area (Å²) in [6.07, 6.45) is -0.511. The third-order valence-electron chi connectivity index (χ3n) is 4.14. The van der Waals surface area contributed by atoms with Crippen LogP contribution in [0, 0.1) is 0 Å². The molecule has 1 N–H and O–H groups in total. The summed E-state index contributed by atoms with van der Waals surface area (Å²) >= 11 is 0. The zero-order valence-corrected chi connectivity index (χ0v) is 14.4. The summed E-state index contributed by atoms with van der Waals surface area (Å²) in [6, 6.07) is 8.49. The average Bonchev–Trinajstić information content (AvgIpc) is 2.91. The van der Waals surface area contributed by atoms with Gasteiger partial charge in [-0.25, -0.2) is 4.79 Å². The lowest BCUT2D eigenvalue weighted by Gasteiger charge is -2.40. The molecule has 0 saturated carbocycles. The van der Waals surface area contributed by atoms with Gasteiger partial charge < -0.3 is 10.0 Å². The lowest BCUT2D eigenvalue weighted by Crippen LogP contribution is -2.58. The molecular weight excluding hydrogens is 308 g/mol. The number of carbonyl (C=O) groups is 3. The van der Waals surface area contributed by atoms with Gasteiger partial charge in [0.05, 0.1) is 6.54 Å². The minimum atomic E-state index is -1.14. The van der Waals surface area contributed by atoms with Crippen molar-refractivity contribution in [2.24, 2.45) is 0 Å². The van der Waals surface area contributed by atoms with Gasteiger partial charge in [0, 0.05) is 24.9 Å². The Hall–Kier alpha value is -2.37. The van der Waals surface area contributed by atoms with Crippen molar-refractivity contribution in [3.05, 3.63) is 35.9 Å². The third-order valence-corrected chi connectivity index (χ3v) is 4.14. The monoisotopic (exact) mass is 332 g/mol. The first kappa shape index (κ1) is 18.0. The molecule has 1 aliphatic heterocycles. The molecule has 1 aromatic carbocycles. The Labute approximate surface area is 142 Å². The molecule has 0 radical (unpaired) electrons. The van der Waals surface area contributed by atoms with Gasteiger partial charge in [0.15, 0.2) is 5.78 Å². The van der Waals surface area contributed by atoms with Crippen LogP contribution >= 0.6 is 0 Å². The van der Waals surface area contributed by atoms with E-state index in [-0.39, 0.29) is 24.7 Å². The number of rotatable bonds is 4. The van der Waals surface area contributed by atoms with E-state index in [0.29, 0.717) is 13.0 Å². The number of Topliss-reactive ketones (excluding diaryl/α,β-unsaturated/α-hetero) is 1. The van der Waals surface area contributed by atoms with Crippen LogP contribution in [0.5, 0.6) is 0 Å². The van der Waals surface area contributed by atoms with Gasteiger partial charge in [-0.05, 0) is 26.3 Å². The molecule has 130 valence electrons. The molecule has 1 fully saturated rings. The Bertz CT molecular complexity index is 622. The predicted molar refractivity (Wildman–Crippen MR) is 89.8 cm³/mol. The molecule has 0 aliphatic carbocycles. The van der Waals surface area contributed by atoms with Crippen LogP contribution < -0.4 is 0 Å². The predicted octanol–water partition coefficient (Wildman–Crippen LogP) is 2.18. The molecule has 6 nitrogen and oxygen atoms in total. The molecule has 1 saturated heterocycles. The number of ketones is 1. The second kappa shape index (κ2) is 7.03. The molecule has 1 atom stereocenters. The van der Waals surface area contributed by atoms with E-state index in [1.165, 1.54) is 9.80 Å². The number of amides is 2. The summed E-state index contributed by atoms with van der Waals surface area (Å²) in [4.78, 5) is 39.0. The van der Waals surface area contributed by atoms with Crippen LogP contribution in [0.15, 0.2) is 30.3 Å². The molecule has 1 heterocycles. The van der Waals surface area contributed by atoms with Crippen LogP contribution in [0.3, 0.4) is 0 Å². The van der Waals surface area contributed by atoms with Crippen molar-refractivity contribution < 1.29 is 19.5 Å². The number of carbonyl (C=O) groups excluding carboxylic acids is 2. The normalized spacial score (nSPS) is 16.1. The van der Waals surface area contributed by atoms with Gasteiger partial charge in [-0.1, -0.05) is 30.3 Å². The van der Waals surface area contributed by atoms with Crippen LogP contribution in [-0.4, -0.2) is 57.4 Å². The van der Waals surface area contributed by atoms with Gasteiger partial charge in [-0.3, -0.25) is 14.5 Å². The van der Waals surface area contributed by atoms with Crippen LogP contribution in [-0.2, 0) is 16.0 Å². The van der Waals surface area contributed by atoms with Gasteiger partial charge in [-0.2, -0.15) is 0 Å². The van der Waals surface area contributed by atoms with Crippen molar-refractivity contribution >= 4 is 17.8 Å². The Morgan fingerprint density at radius 1 is 1.25 bits per heavy atom. The van der Waals surface area contributed by atoms with E-state index < -0.39 is 17.7 Å². The molecule has 0 spiro atoms. The van der Waals surface area contributed by atoms with Crippen molar-refractivity contribution in [1.82, 2.24) is 9.80 Å². The quantitative estimate of drug-likeness (QED) is 0.917. The Morgan fingerprint density at radius 3 is 2.33 bits per heavy atom. The second-order valence-corrected chi connectivity index (χ2v) is 7.08. The minimum Gasteiger partial charge on any atom is -0.465 e. The van der Waals surface area contributed by atoms with Gasteiger partial charge in [0.1, 0.15) is 6.04 Å². The maximum absolute atomic E-state index is 13.0. The van der Waals surface area contributed by atoms with Crippen LogP contribution in [0.2, 0.25) is 0 Å². The first-order chi connectivity index (χ1) is 11.2. The molecule has 6 heteroatoms. The molecule has 0 bridgehead atoms. The van der Waals surface area contributed by atoms with Crippen LogP contribution in [0.4, 0.5) is 4.79 Å². The first-order valence-electron chi connectivity index (χ1n) is 8.07. The highest BCUT2D eigenvalue weighted by atomic mass is 16.4. The van der Waals surface area contributed by atoms with Gasteiger partial charge in [-0.15, -0.1) is 0 Å². The third kappa shape index (κ3) is 4.13. The van der Waals surface area contributed by atoms with E-state index >= 15 is 0 Å². The lowest BCUT2D eigenvalue weighted by molar-refractivity contribution is -0.138. The second-order valence-electron chi connectivity index (χ2n) is 7.08. The SMILES string of the molecule is CC(C)(C)N(C(=O)O)[C@@H](Cc1ccccc1)C(=O)N1CCC(=O)C1. The van der Waals surface area contributed by atoms with Gasteiger partial charge in [0.2, 0.25) is 5.91 Å². The van der Waals surface area contributed by atoms with Crippen LogP contribution in [0.25, 0.3) is 0 Å². The number of benzene rings is 1. The highest BCUT2D eigenvalue weighted by molar-refractivity contribution is 5.93. The smallest absolute Gasteiger partial charge is 0.408 e. The molecule has 1 aliphatic rings. The van der Waals surface area contributed by atoms with E-state index in [4.69, 9.17) is 0 Å². The maximum atomic E-state index is 13.0. The molecule has 0 aromatic heterocycles. The Kier molecular flexibility index (Phi) is 5.26. The molecule has 0 unspecified atom stereocenters. The van der Waals surface area contributed by atoms with E-state index in [2.05, 4.69) is 0 Å². The van der Waals surface area contributed by atoms with Crippen molar-refractivity contribution in [3.8, 4) is 0 Å². The van der Waals surface area contributed by atoms with E-state index in [1.807, 2.05) is 30.3 Å². The fourth-order valence-corrected chi connectivity index (χ4v) is 3.04. The van der Waals surface area contributed by atoms with Crippen molar-refractivity contribution in [2.75, 3.05) is 13.1 Å². The summed E-state index contributed by atoms with van der Waals surface area (Å²) in [6.45, 7) is 5.73. The van der Waals surface area contributed by atoms with E-state index in [0.717, 1.165) is 5.56 Å². The largest absolute Gasteiger partial charge is 0.465 e. The summed E-state index contributed by atoms with van der Waals surface area (Å²) < 4.78 is 0. The molecule has 2 amide bonds. The first-order valence-corrected chi connectivity index (χ1v) is 8.07. The molecule has 2 rings (SSSR count). The molecule has 1 aromatic rings. The summed E-state index contributed by atoms with van der Waals surface area (Å²) in [5.74, 6) is -0.290. The topological polar surface area (TPSA) is 77.9 Å². The van der Waals surface area contributed by atoms with E-state index in [9.17, 15) is 19.5 Å². The Balaban J connectivity index is 2.34. The fraction of sp³-hybridized carbons (Fsp3) is 0.500. The average molecular weight is 332 g/mol. The maximum Gasteiger partial charge on any atom is 0.408 e. The Morgan fingerprint density at radius 2 is 1.88 bits per heavy atom. The number of nitrogens with zero attached hydrogens (tertiary/aromatic N) is 2. The van der Waals surface area contributed by atoms with E-state index in [1.54, 1.807) is 20.8 Å². The number of hydrogen-bond donors (Lipinski definition) is 1. The number of carboxylic acid groups (broad SMARTS) is 1. The van der Waals surface area contributed by atoms with Crippen molar-refractivity contribution in [3.63, 3.8) is 0 Å². The standard InChI is InChI=1S/C18H24N2O4/c1-18(2,3)20(17(23)24)15(11-13-7-5-4-6-8-13)16(22)19-10-9-14(21)12-19/h4-8,15H,9-12H2,1-3H3,(H,23,24)/t15-/m0/s1.